The van der Waals surface area contributed by atoms with Gasteiger partial charge in [-0.3, -0.25) is 0 Å². The zero-order valence-corrected chi connectivity index (χ0v) is 15.1. The van der Waals surface area contributed by atoms with E-state index in [2.05, 4.69) is 21.0 Å². The molecule has 0 N–H and O–H groups in total. The number of benzene rings is 1. The molecule has 0 radical (unpaired) electrons. The summed E-state index contributed by atoms with van der Waals surface area (Å²) in [5.74, 6) is -2.91. The van der Waals surface area contributed by atoms with Gasteiger partial charge in [-0.05, 0) is 54.0 Å². The van der Waals surface area contributed by atoms with Crippen LogP contribution >= 0.6 is 38.5 Å². The monoisotopic (exact) mass is 470 g/mol. The molecule has 0 spiro atoms. The first-order valence-electron chi connectivity index (χ1n) is 6.75. The third-order valence-corrected chi connectivity index (χ3v) is 4.85. The highest BCUT2D eigenvalue weighted by atomic mass is 127. The quantitative estimate of drug-likeness (QED) is 0.563. The summed E-state index contributed by atoms with van der Waals surface area (Å²) in [5, 5.41) is 4.97. The van der Waals surface area contributed by atoms with E-state index in [0.29, 0.717) is 25.7 Å². The number of rotatable bonds is 2. The fourth-order valence-electron chi connectivity index (χ4n) is 2.67. The number of halogens is 4. The molecule has 1 aliphatic rings. The fourth-order valence-corrected chi connectivity index (χ4v) is 3.92. The number of ether oxygens (including phenoxy) is 1. The van der Waals surface area contributed by atoms with Gasteiger partial charge in [-0.2, -0.15) is 5.10 Å². The number of aromatic nitrogens is 2. The maximum absolute atomic E-state index is 13.9. The molecule has 1 aliphatic heterocycles. The second-order valence-electron chi connectivity index (χ2n) is 5.29. The molecule has 1 aromatic heterocycles. The maximum atomic E-state index is 13.9. The fraction of sp³-hybridized carbons (Fsp3) is 0.500. The predicted octanol–water partition coefficient (Wildman–Crippen LogP) is 5.21. The zero-order valence-electron chi connectivity index (χ0n) is 11.4. The summed E-state index contributed by atoms with van der Waals surface area (Å²) >= 11 is 5.34. The minimum Gasteiger partial charge on any atom is -0.356 e. The lowest BCUT2D eigenvalue weighted by Gasteiger charge is -2.23. The lowest BCUT2D eigenvalue weighted by atomic mass is 10.1. The van der Waals surface area contributed by atoms with Crippen molar-refractivity contribution in [3.05, 3.63) is 25.9 Å². The summed E-state index contributed by atoms with van der Waals surface area (Å²) in [6.45, 7) is 1.60. The third-order valence-electron chi connectivity index (χ3n) is 3.63. The van der Waals surface area contributed by atoms with Crippen LogP contribution in [0.1, 0.15) is 38.0 Å². The van der Waals surface area contributed by atoms with Gasteiger partial charge in [0.15, 0.2) is 6.23 Å². The molecule has 0 aliphatic carbocycles. The molecule has 2 aromatic rings. The molecule has 1 fully saturated rings. The lowest BCUT2D eigenvalue weighted by Crippen LogP contribution is -2.19. The van der Waals surface area contributed by atoms with Gasteiger partial charge in [0.25, 0.3) is 5.92 Å². The minimum absolute atomic E-state index is 0.00154. The largest absolute Gasteiger partial charge is 0.356 e. The van der Waals surface area contributed by atoms with Gasteiger partial charge in [0, 0.05) is 29.0 Å². The van der Waals surface area contributed by atoms with Gasteiger partial charge in [0.1, 0.15) is 3.70 Å². The van der Waals surface area contributed by atoms with Crippen LogP contribution in [0.15, 0.2) is 16.6 Å². The highest BCUT2D eigenvalue weighted by Crippen LogP contribution is 2.39. The molecule has 3 rings (SSSR count). The molecule has 1 aromatic carbocycles. The summed E-state index contributed by atoms with van der Waals surface area (Å²) in [4.78, 5) is 0. The normalized spacial score (nSPS) is 20.1. The van der Waals surface area contributed by atoms with Crippen molar-refractivity contribution in [3.63, 3.8) is 0 Å². The summed E-state index contributed by atoms with van der Waals surface area (Å²) < 4.78 is 36.5. The Labute approximate surface area is 143 Å². The summed E-state index contributed by atoms with van der Waals surface area (Å²) in [6, 6.07) is 3.30. The van der Waals surface area contributed by atoms with Gasteiger partial charge >= 0.3 is 0 Å². The third kappa shape index (κ3) is 2.96. The van der Waals surface area contributed by atoms with E-state index in [0.717, 1.165) is 26.2 Å². The van der Waals surface area contributed by atoms with Crippen molar-refractivity contribution in [2.45, 2.75) is 38.3 Å². The van der Waals surface area contributed by atoms with Crippen LogP contribution in [-0.2, 0) is 10.7 Å². The van der Waals surface area contributed by atoms with Crippen LogP contribution in [0.4, 0.5) is 8.78 Å². The second-order valence-corrected chi connectivity index (χ2v) is 7.23. The standard InChI is InChI=1S/C14H14BrF2IN2O/c1-14(16,17)9-6-8(15)7-10-12(9)13(18)19-20(10)11-4-2-3-5-21-11/h6-7,11H,2-5H2,1H3. The molecule has 1 atom stereocenters. The summed E-state index contributed by atoms with van der Waals surface area (Å²) in [5.41, 5.74) is 0.690. The number of alkyl halides is 2. The molecule has 2 heterocycles. The van der Waals surface area contributed by atoms with E-state index < -0.39 is 5.92 Å². The van der Waals surface area contributed by atoms with Crippen LogP contribution in [0.2, 0.25) is 0 Å². The Kier molecular flexibility index (Phi) is 4.26. The van der Waals surface area contributed by atoms with Gasteiger partial charge in [-0.25, -0.2) is 13.5 Å². The number of fused-ring (bicyclic) bond motifs is 1. The Bertz CT molecular complexity index is 678. The molecule has 0 bridgehead atoms. The molecule has 1 saturated heterocycles. The van der Waals surface area contributed by atoms with Gasteiger partial charge in [0.05, 0.1) is 5.52 Å². The molecule has 0 amide bonds. The van der Waals surface area contributed by atoms with Crippen molar-refractivity contribution >= 4 is 49.4 Å². The molecule has 0 saturated carbocycles. The van der Waals surface area contributed by atoms with E-state index >= 15 is 0 Å². The zero-order chi connectivity index (χ0) is 15.2. The first-order chi connectivity index (χ1) is 9.88. The molecule has 21 heavy (non-hydrogen) atoms. The second kappa shape index (κ2) is 5.73. The predicted molar refractivity (Wildman–Crippen MR) is 88.6 cm³/mol. The minimum atomic E-state index is -2.91. The smallest absolute Gasteiger partial charge is 0.271 e. The van der Waals surface area contributed by atoms with Crippen molar-refractivity contribution in [2.24, 2.45) is 0 Å². The summed E-state index contributed by atoms with van der Waals surface area (Å²) in [7, 11) is 0. The van der Waals surface area contributed by atoms with Crippen LogP contribution in [0.5, 0.6) is 0 Å². The Hall–Kier alpha value is -0.280. The van der Waals surface area contributed by atoms with E-state index in [1.165, 1.54) is 6.07 Å². The van der Waals surface area contributed by atoms with Gasteiger partial charge in [-0.1, -0.05) is 15.9 Å². The Morgan fingerprint density at radius 2 is 2.19 bits per heavy atom. The van der Waals surface area contributed by atoms with E-state index in [1.54, 1.807) is 4.68 Å². The first-order valence-corrected chi connectivity index (χ1v) is 8.62. The van der Waals surface area contributed by atoms with Crippen LogP contribution in [-0.4, -0.2) is 16.4 Å². The van der Waals surface area contributed by atoms with Crippen LogP contribution < -0.4 is 0 Å². The lowest BCUT2D eigenvalue weighted by molar-refractivity contribution is -0.0369. The Morgan fingerprint density at radius 1 is 1.43 bits per heavy atom. The van der Waals surface area contributed by atoms with Crippen LogP contribution in [0.3, 0.4) is 0 Å². The number of hydrogen-bond acceptors (Lipinski definition) is 2. The van der Waals surface area contributed by atoms with Crippen LogP contribution in [0.25, 0.3) is 10.9 Å². The van der Waals surface area contributed by atoms with Crippen molar-refractivity contribution in [2.75, 3.05) is 6.61 Å². The van der Waals surface area contributed by atoms with Gasteiger partial charge < -0.3 is 4.74 Å². The van der Waals surface area contributed by atoms with Gasteiger partial charge in [0.2, 0.25) is 0 Å². The summed E-state index contributed by atoms with van der Waals surface area (Å²) in [6.07, 6.45) is 2.79. The van der Waals surface area contributed by atoms with Crippen molar-refractivity contribution < 1.29 is 13.5 Å². The van der Waals surface area contributed by atoms with Crippen molar-refractivity contribution in [1.82, 2.24) is 9.78 Å². The molecule has 114 valence electrons. The maximum Gasteiger partial charge on any atom is 0.271 e. The van der Waals surface area contributed by atoms with Crippen LogP contribution in [0, 0.1) is 3.70 Å². The SMILES string of the molecule is CC(F)(F)c1cc(Br)cc2c1c(I)nn2C1CCCCO1. The topological polar surface area (TPSA) is 27.1 Å². The van der Waals surface area contributed by atoms with E-state index in [-0.39, 0.29) is 11.8 Å². The van der Waals surface area contributed by atoms with E-state index in [1.807, 2.05) is 28.7 Å². The van der Waals surface area contributed by atoms with Crippen molar-refractivity contribution in [3.8, 4) is 0 Å². The highest BCUT2D eigenvalue weighted by molar-refractivity contribution is 14.1. The Morgan fingerprint density at radius 3 is 2.81 bits per heavy atom. The van der Waals surface area contributed by atoms with E-state index in [4.69, 9.17) is 4.74 Å². The molecule has 7 heteroatoms. The average Bonchev–Trinajstić information content (AvgIpc) is 2.75. The number of nitrogens with zero attached hydrogens (tertiary/aromatic N) is 2. The first kappa shape index (κ1) is 15.6. The number of hydrogen-bond donors (Lipinski definition) is 0. The van der Waals surface area contributed by atoms with Gasteiger partial charge in [-0.15, -0.1) is 0 Å². The van der Waals surface area contributed by atoms with Crippen molar-refractivity contribution in [1.29, 1.82) is 0 Å². The molecular formula is C14H14BrF2IN2O. The van der Waals surface area contributed by atoms with E-state index in [9.17, 15) is 8.78 Å². The average molecular weight is 471 g/mol. The molecule has 3 nitrogen and oxygen atoms in total. The molecular weight excluding hydrogens is 457 g/mol. The highest BCUT2D eigenvalue weighted by Gasteiger charge is 2.31. The Balaban J connectivity index is 2.22. The molecule has 1 unspecified atom stereocenters.